The molecule has 3 heteroatoms. The highest BCUT2D eigenvalue weighted by Crippen LogP contribution is 2.27. The van der Waals surface area contributed by atoms with Crippen LogP contribution >= 0.6 is 0 Å². The van der Waals surface area contributed by atoms with Crippen LogP contribution in [0.1, 0.15) is 25.7 Å². The van der Waals surface area contributed by atoms with Crippen LogP contribution in [0, 0.1) is 17.2 Å². The molecule has 3 atom stereocenters. The van der Waals surface area contributed by atoms with Gasteiger partial charge in [-0.05, 0) is 25.2 Å². The molecule has 1 aliphatic carbocycles. The lowest BCUT2D eigenvalue weighted by atomic mass is 9.82. The molecule has 12 heavy (non-hydrogen) atoms. The predicted molar refractivity (Wildman–Crippen MR) is 46.3 cm³/mol. The van der Waals surface area contributed by atoms with Gasteiger partial charge in [-0.1, -0.05) is 0 Å². The lowest BCUT2D eigenvalue weighted by Gasteiger charge is -2.32. The van der Waals surface area contributed by atoms with Gasteiger partial charge in [0.1, 0.15) is 0 Å². The Hall–Kier alpha value is -0.590. The molecule has 0 aromatic rings. The molecule has 0 heterocycles. The maximum absolute atomic E-state index is 8.56. The van der Waals surface area contributed by atoms with E-state index in [1.165, 1.54) is 0 Å². The van der Waals surface area contributed by atoms with Gasteiger partial charge in [0.2, 0.25) is 0 Å². The maximum atomic E-state index is 8.56. The maximum Gasteiger partial charge on any atom is 0.0625 e. The minimum Gasteiger partial charge on any atom is -0.381 e. The van der Waals surface area contributed by atoms with Gasteiger partial charge in [0, 0.05) is 19.6 Å². The molecule has 0 aliphatic heterocycles. The van der Waals surface area contributed by atoms with Crippen molar-refractivity contribution in [2.24, 2.45) is 11.7 Å². The summed E-state index contributed by atoms with van der Waals surface area (Å²) in [6, 6.07) is 2.46. The van der Waals surface area contributed by atoms with Crippen LogP contribution in [0.25, 0.3) is 0 Å². The van der Waals surface area contributed by atoms with Crippen LogP contribution in [-0.4, -0.2) is 19.3 Å². The zero-order valence-corrected chi connectivity index (χ0v) is 7.49. The third kappa shape index (κ3) is 2.20. The first-order valence-corrected chi connectivity index (χ1v) is 4.43. The van der Waals surface area contributed by atoms with E-state index in [2.05, 4.69) is 6.07 Å². The number of nitriles is 1. The molecule has 0 saturated heterocycles. The standard InChI is InChI=1S/C9H16N2O/c1-12-9-6-8(11)3-2-7(9)4-5-10/h7-9H,2-4,6,11H2,1H3/t7-,8+,9-/m1/s1. The van der Waals surface area contributed by atoms with Crippen molar-refractivity contribution in [3.63, 3.8) is 0 Å². The third-order valence-electron chi connectivity index (χ3n) is 2.63. The van der Waals surface area contributed by atoms with E-state index in [1.807, 2.05) is 0 Å². The van der Waals surface area contributed by atoms with Gasteiger partial charge >= 0.3 is 0 Å². The molecule has 1 fully saturated rings. The van der Waals surface area contributed by atoms with Crippen LogP contribution in [0.5, 0.6) is 0 Å². The normalized spacial score (nSPS) is 35.9. The average Bonchev–Trinajstić information content (AvgIpc) is 2.08. The largest absolute Gasteiger partial charge is 0.381 e. The topological polar surface area (TPSA) is 59.0 Å². The van der Waals surface area contributed by atoms with Crippen molar-refractivity contribution in [3.8, 4) is 6.07 Å². The molecule has 68 valence electrons. The van der Waals surface area contributed by atoms with Crippen LogP contribution in [0.2, 0.25) is 0 Å². The average molecular weight is 168 g/mol. The van der Waals surface area contributed by atoms with Gasteiger partial charge in [0.25, 0.3) is 0 Å². The number of hydrogen-bond acceptors (Lipinski definition) is 3. The smallest absolute Gasteiger partial charge is 0.0625 e. The fraction of sp³-hybridized carbons (Fsp3) is 0.889. The van der Waals surface area contributed by atoms with Gasteiger partial charge in [-0.15, -0.1) is 0 Å². The van der Waals surface area contributed by atoms with E-state index in [9.17, 15) is 0 Å². The first kappa shape index (κ1) is 9.50. The third-order valence-corrected chi connectivity index (χ3v) is 2.63. The molecule has 0 aromatic carbocycles. The molecule has 0 bridgehead atoms. The fourth-order valence-electron chi connectivity index (χ4n) is 1.86. The van der Waals surface area contributed by atoms with Crippen LogP contribution < -0.4 is 5.73 Å². The first-order valence-electron chi connectivity index (χ1n) is 4.43. The number of nitrogens with two attached hydrogens (primary N) is 1. The molecule has 0 radical (unpaired) electrons. The Bertz CT molecular complexity index is 176. The highest BCUT2D eigenvalue weighted by molar-refractivity contribution is 4.87. The summed E-state index contributed by atoms with van der Waals surface area (Å²) in [7, 11) is 1.70. The minimum atomic E-state index is 0.202. The monoisotopic (exact) mass is 168 g/mol. The van der Waals surface area contributed by atoms with Crippen LogP contribution in [0.3, 0.4) is 0 Å². The highest BCUT2D eigenvalue weighted by Gasteiger charge is 2.28. The van der Waals surface area contributed by atoms with E-state index in [1.54, 1.807) is 7.11 Å². The quantitative estimate of drug-likeness (QED) is 0.670. The van der Waals surface area contributed by atoms with Crippen molar-refractivity contribution in [3.05, 3.63) is 0 Å². The van der Waals surface area contributed by atoms with E-state index in [4.69, 9.17) is 15.7 Å². The summed E-state index contributed by atoms with van der Waals surface area (Å²) < 4.78 is 5.30. The SMILES string of the molecule is CO[C@@H]1C[C@@H](N)CC[C@@H]1CC#N. The van der Waals surface area contributed by atoms with Crippen LogP contribution in [-0.2, 0) is 4.74 Å². The molecule has 3 nitrogen and oxygen atoms in total. The van der Waals surface area contributed by atoms with Gasteiger partial charge in [-0.3, -0.25) is 0 Å². The molecule has 0 spiro atoms. The van der Waals surface area contributed by atoms with Crippen molar-refractivity contribution in [1.82, 2.24) is 0 Å². The summed E-state index contributed by atoms with van der Waals surface area (Å²) in [4.78, 5) is 0. The number of rotatable bonds is 2. The number of hydrogen-bond donors (Lipinski definition) is 1. The molecule has 0 unspecified atom stereocenters. The molecule has 0 aromatic heterocycles. The zero-order valence-electron chi connectivity index (χ0n) is 7.49. The fourth-order valence-corrected chi connectivity index (χ4v) is 1.86. The first-order chi connectivity index (χ1) is 5.77. The van der Waals surface area contributed by atoms with Gasteiger partial charge in [-0.2, -0.15) is 5.26 Å². The summed E-state index contributed by atoms with van der Waals surface area (Å²) in [5.74, 6) is 0.403. The minimum absolute atomic E-state index is 0.202. The Labute approximate surface area is 73.5 Å². The molecule has 1 rings (SSSR count). The molecule has 1 saturated carbocycles. The summed E-state index contributed by atoms with van der Waals surface area (Å²) in [6.45, 7) is 0. The van der Waals surface area contributed by atoms with E-state index < -0.39 is 0 Å². The second-order valence-electron chi connectivity index (χ2n) is 3.47. The summed E-state index contributed by atoms with van der Waals surface area (Å²) in [5, 5.41) is 8.56. The second-order valence-corrected chi connectivity index (χ2v) is 3.47. The Morgan fingerprint density at radius 1 is 1.58 bits per heavy atom. The molecular formula is C9H16N2O. The van der Waals surface area contributed by atoms with Gasteiger partial charge in [0.15, 0.2) is 0 Å². The number of methoxy groups -OCH3 is 1. The Kier molecular flexibility index (Phi) is 3.51. The molecular weight excluding hydrogens is 152 g/mol. The van der Waals surface area contributed by atoms with Crippen molar-refractivity contribution >= 4 is 0 Å². The Morgan fingerprint density at radius 3 is 2.92 bits per heavy atom. The van der Waals surface area contributed by atoms with E-state index in [0.717, 1.165) is 19.3 Å². The van der Waals surface area contributed by atoms with E-state index in [0.29, 0.717) is 12.3 Å². The van der Waals surface area contributed by atoms with Crippen LogP contribution in [0.4, 0.5) is 0 Å². The second kappa shape index (κ2) is 4.44. The Balaban J connectivity index is 2.45. The van der Waals surface area contributed by atoms with Crippen molar-refractivity contribution < 1.29 is 4.74 Å². The van der Waals surface area contributed by atoms with Crippen LogP contribution in [0.15, 0.2) is 0 Å². The summed E-state index contributed by atoms with van der Waals surface area (Å²) >= 11 is 0. The summed E-state index contributed by atoms with van der Waals surface area (Å²) in [6.07, 6.45) is 3.78. The lowest BCUT2D eigenvalue weighted by Crippen LogP contribution is -2.37. The highest BCUT2D eigenvalue weighted by atomic mass is 16.5. The molecule has 1 aliphatic rings. The van der Waals surface area contributed by atoms with Crippen molar-refractivity contribution in [2.45, 2.75) is 37.8 Å². The van der Waals surface area contributed by atoms with Crippen molar-refractivity contribution in [2.75, 3.05) is 7.11 Å². The van der Waals surface area contributed by atoms with E-state index in [-0.39, 0.29) is 12.1 Å². The predicted octanol–water partition coefficient (Wildman–Crippen LogP) is 1.04. The summed E-state index contributed by atoms with van der Waals surface area (Å²) in [5.41, 5.74) is 5.80. The Morgan fingerprint density at radius 2 is 2.33 bits per heavy atom. The zero-order chi connectivity index (χ0) is 8.97. The lowest BCUT2D eigenvalue weighted by molar-refractivity contribution is 0.0194. The van der Waals surface area contributed by atoms with Gasteiger partial charge < -0.3 is 10.5 Å². The molecule has 2 N–H and O–H groups in total. The van der Waals surface area contributed by atoms with Gasteiger partial charge in [-0.25, -0.2) is 0 Å². The molecule has 0 amide bonds. The number of ether oxygens (including phenoxy) is 1. The van der Waals surface area contributed by atoms with Gasteiger partial charge in [0.05, 0.1) is 12.2 Å². The number of nitrogens with zero attached hydrogens (tertiary/aromatic N) is 1. The van der Waals surface area contributed by atoms with Crippen molar-refractivity contribution in [1.29, 1.82) is 5.26 Å². The van der Waals surface area contributed by atoms with E-state index >= 15 is 0 Å².